The van der Waals surface area contributed by atoms with Crippen LogP contribution in [0.3, 0.4) is 0 Å². The van der Waals surface area contributed by atoms with E-state index in [2.05, 4.69) is 12.2 Å². The quantitative estimate of drug-likeness (QED) is 0.734. The fraction of sp³-hybridized carbons (Fsp3) is 0.941. The van der Waals surface area contributed by atoms with Crippen molar-refractivity contribution in [1.82, 2.24) is 5.32 Å². The lowest BCUT2D eigenvalue weighted by Gasteiger charge is -2.35. The summed E-state index contributed by atoms with van der Waals surface area (Å²) in [6.07, 6.45) is 9.70. The van der Waals surface area contributed by atoms with E-state index >= 15 is 0 Å². The molecule has 21 heavy (non-hydrogen) atoms. The highest BCUT2D eigenvalue weighted by Gasteiger charge is 2.54. The van der Waals surface area contributed by atoms with E-state index < -0.39 is 5.54 Å². The van der Waals surface area contributed by atoms with Gasteiger partial charge in [-0.2, -0.15) is 0 Å². The number of ether oxygens (including phenoxy) is 2. The SMILES string of the molecule is COC(=O)C(COC1CCCC(C)C1)(NC1CC1)C1CC1. The monoisotopic (exact) mass is 295 g/mol. The maximum Gasteiger partial charge on any atom is 0.328 e. The zero-order chi connectivity index (χ0) is 14.9. The van der Waals surface area contributed by atoms with E-state index in [1.54, 1.807) is 0 Å². The number of carbonyl (C=O) groups is 1. The Balaban J connectivity index is 1.64. The van der Waals surface area contributed by atoms with E-state index in [0.717, 1.165) is 31.6 Å². The molecule has 0 radical (unpaired) electrons. The summed E-state index contributed by atoms with van der Waals surface area (Å²) in [4.78, 5) is 12.5. The third-order valence-electron chi connectivity index (χ3n) is 5.30. The third kappa shape index (κ3) is 3.59. The van der Waals surface area contributed by atoms with Crippen LogP contribution in [0.25, 0.3) is 0 Å². The average Bonchev–Trinajstić information content (AvgIpc) is 3.36. The van der Waals surface area contributed by atoms with Gasteiger partial charge in [0.05, 0.1) is 19.8 Å². The first-order chi connectivity index (χ1) is 10.1. The first-order valence-electron chi connectivity index (χ1n) is 8.62. The van der Waals surface area contributed by atoms with Gasteiger partial charge in [0.15, 0.2) is 0 Å². The lowest BCUT2D eigenvalue weighted by atomic mass is 9.88. The van der Waals surface area contributed by atoms with Crippen molar-refractivity contribution in [3.8, 4) is 0 Å². The maximum atomic E-state index is 12.5. The molecule has 3 unspecified atom stereocenters. The second kappa shape index (κ2) is 6.25. The maximum absolute atomic E-state index is 12.5. The average molecular weight is 295 g/mol. The molecule has 3 rings (SSSR count). The van der Waals surface area contributed by atoms with Crippen LogP contribution < -0.4 is 5.32 Å². The number of carbonyl (C=O) groups excluding carboxylic acids is 1. The van der Waals surface area contributed by atoms with Gasteiger partial charge in [0.1, 0.15) is 5.54 Å². The van der Waals surface area contributed by atoms with Crippen LogP contribution in [-0.4, -0.2) is 37.4 Å². The van der Waals surface area contributed by atoms with Gasteiger partial charge in [0.2, 0.25) is 0 Å². The predicted octanol–water partition coefficient (Wildman–Crippen LogP) is 2.66. The molecule has 0 aromatic heterocycles. The largest absolute Gasteiger partial charge is 0.468 e. The van der Waals surface area contributed by atoms with Gasteiger partial charge in [-0.1, -0.05) is 19.8 Å². The molecule has 0 aromatic rings. The van der Waals surface area contributed by atoms with Crippen molar-refractivity contribution < 1.29 is 14.3 Å². The molecule has 3 aliphatic rings. The number of nitrogens with one attached hydrogen (secondary N) is 1. The first kappa shape index (κ1) is 15.3. The van der Waals surface area contributed by atoms with Gasteiger partial charge in [-0.15, -0.1) is 0 Å². The zero-order valence-corrected chi connectivity index (χ0v) is 13.4. The molecule has 0 aliphatic heterocycles. The van der Waals surface area contributed by atoms with Gasteiger partial charge in [-0.25, -0.2) is 4.79 Å². The normalized spacial score (nSPS) is 32.5. The molecule has 3 fully saturated rings. The summed E-state index contributed by atoms with van der Waals surface area (Å²) in [5.41, 5.74) is -0.587. The Hall–Kier alpha value is -0.610. The number of hydrogen-bond donors (Lipinski definition) is 1. The predicted molar refractivity (Wildman–Crippen MR) is 81.0 cm³/mol. The number of rotatable bonds is 7. The van der Waals surface area contributed by atoms with Crippen molar-refractivity contribution in [2.24, 2.45) is 11.8 Å². The topological polar surface area (TPSA) is 47.6 Å². The van der Waals surface area contributed by atoms with Crippen LogP contribution >= 0.6 is 0 Å². The second-order valence-corrected chi connectivity index (χ2v) is 7.36. The van der Waals surface area contributed by atoms with Crippen LogP contribution in [0, 0.1) is 11.8 Å². The Labute approximate surface area is 127 Å². The lowest BCUT2D eigenvalue weighted by Crippen LogP contribution is -2.59. The minimum atomic E-state index is -0.587. The molecule has 3 saturated carbocycles. The van der Waals surface area contributed by atoms with Gasteiger partial charge in [-0.05, 0) is 50.4 Å². The van der Waals surface area contributed by atoms with Crippen LogP contribution in [0.2, 0.25) is 0 Å². The Morgan fingerprint density at radius 2 is 1.95 bits per heavy atom. The summed E-state index contributed by atoms with van der Waals surface area (Å²) in [5.74, 6) is 1.01. The van der Waals surface area contributed by atoms with Crippen molar-refractivity contribution >= 4 is 5.97 Å². The van der Waals surface area contributed by atoms with Crippen molar-refractivity contribution in [2.75, 3.05) is 13.7 Å². The Kier molecular flexibility index (Phi) is 4.55. The summed E-state index contributed by atoms with van der Waals surface area (Å²) in [6, 6.07) is 0.485. The third-order valence-corrected chi connectivity index (χ3v) is 5.30. The van der Waals surface area contributed by atoms with Crippen LogP contribution in [0.1, 0.15) is 58.3 Å². The molecule has 0 bridgehead atoms. The van der Waals surface area contributed by atoms with E-state index in [1.807, 2.05) is 0 Å². The molecular weight excluding hydrogens is 266 g/mol. The van der Waals surface area contributed by atoms with Crippen LogP contribution in [-0.2, 0) is 14.3 Å². The van der Waals surface area contributed by atoms with Crippen LogP contribution in [0.4, 0.5) is 0 Å². The summed E-state index contributed by atoms with van der Waals surface area (Å²) < 4.78 is 11.3. The number of hydrogen-bond acceptors (Lipinski definition) is 4. The lowest BCUT2D eigenvalue weighted by molar-refractivity contribution is -0.155. The van der Waals surface area contributed by atoms with E-state index in [4.69, 9.17) is 9.47 Å². The molecule has 3 atom stereocenters. The summed E-state index contributed by atoms with van der Waals surface area (Å²) in [5, 5.41) is 3.57. The smallest absolute Gasteiger partial charge is 0.328 e. The van der Waals surface area contributed by atoms with Crippen LogP contribution in [0.15, 0.2) is 0 Å². The van der Waals surface area contributed by atoms with E-state index in [0.29, 0.717) is 24.7 Å². The molecular formula is C17H29NO3. The second-order valence-electron chi connectivity index (χ2n) is 7.36. The Morgan fingerprint density at radius 1 is 1.19 bits per heavy atom. The van der Waals surface area contributed by atoms with Crippen molar-refractivity contribution in [3.05, 3.63) is 0 Å². The Bertz CT molecular complexity index is 378. The van der Waals surface area contributed by atoms with Crippen molar-refractivity contribution in [3.63, 3.8) is 0 Å². The fourth-order valence-electron chi connectivity index (χ4n) is 3.69. The standard InChI is InChI=1S/C17H29NO3/c1-12-4-3-5-15(10-12)21-11-17(13-6-7-13,16(19)20-2)18-14-8-9-14/h12-15,18H,3-11H2,1-2H3. The molecule has 1 N–H and O–H groups in total. The minimum absolute atomic E-state index is 0.124. The molecule has 0 saturated heterocycles. The molecule has 0 aromatic carbocycles. The van der Waals surface area contributed by atoms with Gasteiger partial charge in [-0.3, -0.25) is 5.32 Å². The highest BCUT2D eigenvalue weighted by atomic mass is 16.5. The van der Waals surface area contributed by atoms with Crippen molar-refractivity contribution in [1.29, 1.82) is 0 Å². The molecule has 3 aliphatic carbocycles. The summed E-state index contributed by atoms with van der Waals surface area (Å²) in [7, 11) is 1.50. The molecule has 4 heteroatoms. The summed E-state index contributed by atoms with van der Waals surface area (Å²) in [6.45, 7) is 2.78. The van der Waals surface area contributed by atoms with E-state index in [9.17, 15) is 4.79 Å². The number of methoxy groups -OCH3 is 1. The van der Waals surface area contributed by atoms with Crippen molar-refractivity contribution in [2.45, 2.75) is 76.0 Å². The summed E-state index contributed by atoms with van der Waals surface area (Å²) >= 11 is 0. The first-order valence-corrected chi connectivity index (χ1v) is 8.62. The zero-order valence-electron chi connectivity index (χ0n) is 13.4. The molecule has 0 amide bonds. The van der Waals surface area contributed by atoms with Gasteiger partial charge < -0.3 is 9.47 Å². The fourth-order valence-corrected chi connectivity index (χ4v) is 3.69. The number of esters is 1. The van der Waals surface area contributed by atoms with Gasteiger partial charge in [0.25, 0.3) is 0 Å². The molecule has 0 heterocycles. The molecule has 120 valence electrons. The Morgan fingerprint density at radius 3 is 2.52 bits per heavy atom. The highest BCUT2D eigenvalue weighted by Crippen LogP contribution is 2.43. The molecule has 0 spiro atoms. The van der Waals surface area contributed by atoms with E-state index in [1.165, 1.54) is 32.8 Å². The highest BCUT2D eigenvalue weighted by molar-refractivity contribution is 5.82. The van der Waals surface area contributed by atoms with Gasteiger partial charge in [0, 0.05) is 6.04 Å². The van der Waals surface area contributed by atoms with Gasteiger partial charge >= 0.3 is 5.97 Å². The van der Waals surface area contributed by atoms with E-state index in [-0.39, 0.29) is 5.97 Å². The molecule has 4 nitrogen and oxygen atoms in total. The minimum Gasteiger partial charge on any atom is -0.468 e. The van der Waals surface area contributed by atoms with Crippen LogP contribution in [0.5, 0.6) is 0 Å².